The number of hydrazine groups is 1. The number of hydrogen-bond donors (Lipinski definition) is 5. The molecule has 1 aromatic carbocycles. The standard InChI is InChI=1S/C50H72N8O11S3/c1-9-15-43(61)68-30-58(49(65)44(32(5)10-2)54-47(64)39-16-12-14-23-57(39)8)40(31(3)4)28-41(69-34(7)59)48-53-38(29-70-48)46(63)52-36(27-35-18-20-37(60)21-19-35)26-33(6)45(62)55-56-50(66)67-24-25-71-72-42-17-11-13-22-51-42/h11,13,17-22,29,31-33,36,39-41,44,60H,9-10,12,14-16,23-28,30H2,1-8H3,(H,52,63)(H,54,64)(H,55,62)(H,56,66)/t32-,33-,36?,39+,40+,41+,44?/m0/s1. The molecule has 2 unspecified atom stereocenters. The van der Waals surface area contributed by atoms with Crippen molar-refractivity contribution in [1.29, 1.82) is 0 Å². The number of likely N-dealkylation sites (N-methyl/N-ethyl adjacent to an activating group) is 1. The maximum Gasteiger partial charge on any atom is 0.426 e. The zero-order chi connectivity index (χ0) is 52.7. The Kier molecular flexibility index (Phi) is 25.1. The largest absolute Gasteiger partial charge is 0.508 e. The van der Waals surface area contributed by atoms with Gasteiger partial charge in [0.2, 0.25) is 17.7 Å². The van der Waals surface area contributed by atoms with Gasteiger partial charge in [-0.25, -0.2) is 20.2 Å². The van der Waals surface area contributed by atoms with Crippen molar-refractivity contribution < 1.29 is 52.9 Å². The minimum Gasteiger partial charge on any atom is -0.508 e. The summed E-state index contributed by atoms with van der Waals surface area (Å²) in [5.74, 6) is -3.68. The van der Waals surface area contributed by atoms with Crippen LogP contribution in [0.2, 0.25) is 0 Å². The molecule has 4 rings (SSSR count). The average Bonchev–Trinajstić information content (AvgIpc) is 3.85. The first-order valence-electron chi connectivity index (χ1n) is 24.5. The maximum atomic E-state index is 14.9. The molecule has 0 saturated carbocycles. The lowest BCUT2D eigenvalue weighted by Crippen LogP contribution is -2.59. The lowest BCUT2D eigenvalue weighted by Gasteiger charge is -2.39. The number of phenols is 1. The molecule has 0 aliphatic carbocycles. The minimum atomic E-state index is -1.05. The number of carbonyl (C=O) groups excluding carboxylic acids is 7. The molecule has 3 heterocycles. The van der Waals surface area contributed by atoms with Crippen LogP contribution in [0.5, 0.6) is 5.75 Å². The SMILES string of the molecule is CCCC(=O)OCN(C(=O)C(NC(=O)[C@H]1CCCCN1C)[C@@H](C)CC)[C@H](C[C@@H](OC(C)=O)c1nc(C(=O)NC(Cc2ccc(O)cc2)C[C@H](C)C(=O)NNC(=O)OCCSSc2ccccn2)cs1)C(C)C. The number of ether oxygens (including phenoxy) is 3. The quantitative estimate of drug-likeness (QED) is 0.0129. The van der Waals surface area contributed by atoms with Gasteiger partial charge in [0.1, 0.15) is 34.1 Å². The predicted octanol–water partition coefficient (Wildman–Crippen LogP) is 6.97. The molecular weight excluding hydrogens is 985 g/mol. The molecule has 22 heteroatoms. The van der Waals surface area contributed by atoms with E-state index in [0.29, 0.717) is 25.0 Å². The van der Waals surface area contributed by atoms with Crippen molar-refractivity contribution >= 4 is 74.6 Å². The number of nitrogens with zero attached hydrogens (tertiary/aromatic N) is 4. The van der Waals surface area contributed by atoms with Crippen molar-refractivity contribution in [3.05, 3.63) is 70.3 Å². The molecule has 72 heavy (non-hydrogen) atoms. The molecule has 1 fully saturated rings. The molecule has 3 aromatic rings. The third-order valence-corrected chi connectivity index (χ3v) is 15.4. The van der Waals surface area contributed by atoms with E-state index in [1.54, 1.807) is 25.3 Å². The normalized spacial score (nSPS) is 16.2. The topological polar surface area (TPSA) is 248 Å². The Morgan fingerprint density at radius 1 is 0.958 bits per heavy atom. The first-order valence-corrected chi connectivity index (χ1v) is 27.7. The molecule has 19 nitrogen and oxygen atoms in total. The van der Waals surface area contributed by atoms with Crippen LogP contribution in [0.25, 0.3) is 0 Å². The summed E-state index contributed by atoms with van der Waals surface area (Å²) in [5.41, 5.74) is 5.42. The molecule has 1 saturated heterocycles. The van der Waals surface area contributed by atoms with Crippen molar-refractivity contribution in [2.24, 2.45) is 17.8 Å². The molecule has 1 aliphatic rings. The third kappa shape index (κ3) is 19.5. The summed E-state index contributed by atoms with van der Waals surface area (Å²) in [6.45, 7) is 12.8. The van der Waals surface area contributed by atoms with Gasteiger partial charge in [-0.3, -0.25) is 39.1 Å². The van der Waals surface area contributed by atoms with E-state index < -0.39 is 78.7 Å². The molecule has 0 bridgehead atoms. The van der Waals surface area contributed by atoms with Crippen LogP contribution >= 0.6 is 32.9 Å². The highest BCUT2D eigenvalue weighted by atomic mass is 33.1. The van der Waals surface area contributed by atoms with Gasteiger partial charge in [-0.15, -0.1) is 11.3 Å². The minimum absolute atomic E-state index is 0.00993. The number of piperidine rings is 1. The Bertz CT molecular complexity index is 2220. The van der Waals surface area contributed by atoms with E-state index in [9.17, 15) is 38.7 Å². The van der Waals surface area contributed by atoms with Crippen molar-refractivity contribution in [3.8, 4) is 5.75 Å². The van der Waals surface area contributed by atoms with Crippen molar-refractivity contribution in [2.45, 2.75) is 142 Å². The third-order valence-electron chi connectivity index (χ3n) is 12.2. The summed E-state index contributed by atoms with van der Waals surface area (Å²) in [7, 11) is 4.81. The second-order valence-corrected chi connectivity index (χ2v) is 21.6. The Morgan fingerprint density at radius 3 is 2.36 bits per heavy atom. The zero-order valence-electron chi connectivity index (χ0n) is 42.6. The smallest absolute Gasteiger partial charge is 0.426 e. The highest BCUT2D eigenvalue weighted by Gasteiger charge is 2.39. The number of aromatic nitrogens is 2. The summed E-state index contributed by atoms with van der Waals surface area (Å²) < 4.78 is 16.7. The summed E-state index contributed by atoms with van der Waals surface area (Å²) >= 11 is 1.08. The van der Waals surface area contributed by atoms with E-state index in [1.165, 1.54) is 50.9 Å². The Hall–Kier alpha value is -5.45. The van der Waals surface area contributed by atoms with Gasteiger partial charge < -0.3 is 34.9 Å². The lowest BCUT2D eigenvalue weighted by molar-refractivity contribution is -0.160. The van der Waals surface area contributed by atoms with E-state index in [-0.39, 0.29) is 66.5 Å². The number of esters is 2. The fourth-order valence-corrected chi connectivity index (χ4v) is 10.6. The number of pyridine rings is 1. The van der Waals surface area contributed by atoms with E-state index in [2.05, 4.69) is 31.5 Å². The number of thiazole rings is 1. The summed E-state index contributed by atoms with van der Waals surface area (Å²) in [6.07, 6.45) is 3.97. The number of nitrogens with one attached hydrogen (secondary N) is 4. The van der Waals surface area contributed by atoms with Crippen molar-refractivity contribution in [3.63, 3.8) is 0 Å². The fraction of sp³-hybridized carbons (Fsp3) is 0.580. The number of phenolic OH excluding ortho intramolecular Hbond substituents is 1. The molecule has 2 aromatic heterocycles. The van der Waals surface area contributed by atoms with Gasteiger partial charge in [0.15, 0.2) is 12.8 Å². The van der Waals surface area contributed by atoms with Gasteiger partial charge in [-0.1, -0.05) is 83.4 Å². The van der Waals surface area contributed by atoms with Crippen LogP contribution in [-0.2, 0) is 44.6 Å². The van der Waals surface area contributed by atoms with Gasteiger partial charge in [0, 0.05) is 55.1 Å². The monoisotopic (exact) mass is 1060 g/mol. The van der Waals surface area contributed by atoms with Crippen LogP contribution in [0.1, 0.15) is 127 Å². The first kappa shape index (κ1) is 59.1. The number of benzene rings is 1. The van der Waals surface area contributed by atoms with Crippen LogP contribution < -0.4 is 21.5 Å². The fourth-order valence-electron chi connectivity index (χ4n) is 8.02. The molecule has 0 radical (unpaired) electrons. The molecule has 1 aliphatic heterocycles. The van der Waals surface area contributed by atoms with Gasteiger partial charge in [0.25, 0.3) is 5.91 Å². The van der Waals surface area contributed by atoms with E-state index in [0.717, 1.165) is 41.3 Å². The first-order chi connectivity index (χ1) is 34.4. The Labute approximate surface area is 434 Å². The van der Waals surface area contributed by atoms with Crippen LogP contribution in [0.3, 0.4) is 0 Å². The van der Waals surface area contributed by atoms with Gasteiger partial charge in [0.05, 0.1) is 6.04 Å². The Morgan fingerprint density at radius 2 is 1.71 bits per heavy atom. The molecule has 5 amide bonds. The van der Waals surface area contributed by atoms with Gasteiger partial charge in [-0.05, 0) is 98.2 Å². The molecule has 0 spiro atoms. The molecule has 396 valence electrons. The van der Waals surface area contributed by atoms with Crippen LogP contribution in [-0.4, -0.2) is 123 Å². The number of amides is 5. The average molecular weight is 1060 g/mol. The highest BCUT2D eigenvalue weighted by Crippen LogP contribution is 2.32. The maximum absolute atomic E-state index is 14.9. The molecule has 5 N–H and O–H groups in total. The summed E-state index contributed by atoms with van der Waals surface area (Å²) in [5, 5.41) is 18.6. The van der Waals surface area contributed by atoms with E-state index in [1.807, 2.05) is 64.8 Å². The number of rotatable bonds is 27. The second-order valence-electron chi connectivity index (χ2n) is 18.3. The number of carbonyl (C=O) groups is 7. The second kappa shape index (κ2) is 30.6. The predicted molar refractivity (Wildman–Crippen MR) is 276 cm³/mol. The van der Waals surface area contributed by atoms with Crippen LogP contribution in [0.4, 0.5) is 4.79 Å². The molecular formula is C50H72N8O11S3. The summed E-state index contributed by atoms with van der Waals surface area (Å²) in [4.78, 5) is 106. The number of likely N-dealkylation sites (tertiary alicyclic amines) is 1. The summed E-state index contributed by atoms with van der Waals surface area (Å²) in [6, 6.07) is 9.30. The number of hydrogen-bond acceptors (Lipinski definition) is 17. The Balaban J connectivity index is 1.51. The van der Waals surface area contributed by atoms with Gasteiger partial charge in [-0.2, -0.15) is 0 Å². The van der Waals surface area contributed by atoms with Gasteiger partial charge >= 0.3 is 18.0 Å². The lowest BCUT2D eigenvalue weighted by atomic mass is 9.92. The zero-order valence-corrected chi connectivity index (χ0v) is 45.0. The van der Waals surface area contributed by atoms with Crippen LogP contribution in [0.15, 0.2) is 59.1 Å². The number of aromatic hydroxyl groups is 1. The van der Waals surface area contributed by atoms with Crippen molar-refractivity contribution in [2.75, 3.05) is 32.7 Å². The van der Waals surface area contributed by atoms with E-state index in [4.69, 9.17) is 14.2 Å². The highest BCUT2D eigenvalue weighted by molar-refractivity contribution is 8.76. The van der Waals surface area contributed by atoms with Crippen LogP contribution in [0, 0.1) is 17.8 Å². The van der Waals surface area contributed by atoms with Crippen molar-refractivity contribution in [1.82, 2.24) is 41.3 Å². The van der Waals surface area contributed by atoms with E-state index >= 15 is 0 Å². The molecule has 7 atom stereocenters.